The van der Waals surface area contributed by atoms with Crippen molar-refractivity contribution >= 4 is 5.82 Å². The number of aromatic nitrogens is 2. The van der Waals surface area contributed by atoms with Crippen LogP contribution in [0.15, 0.2) is 30.6 Å². The molecule has 1 aromatic heterocycles. The lowest BCUT2D eigenvalue weighted by atomic mass is 10.3. The van der Waals surface area contributed by atoms with E-state index >= 15 is 0 Å². The smallest absolute Gasteiger partial charge is 0.238 e. The molecule has 1 aromatic carbocycles. The summed E-state index contributed by atoms with van der Waals surface area (Å²) in [5.74, 6) is -1.29. The fraction of sp³-hybridized carbons (Fsp3) is 0. The number of nitrogen functional groups attached to an aromatic ring is 1. The first-order valence-electron chi connectivity index (χ1n) is 4.35. The van der Waals surface area contributed by atoms with Gasteiger partial charge >= 0.3 is 0 Å². The molecule has 82 valence electrons. The van der Waals surface area contributed by atoms with Crippen LogP contribution in [0.2, 0.25) is 0 Å². The van der Waals surface area contributed by atoms with Crippen LogP contribution < -0.4 is 10.5 Å². The summed E-state index contributed by atoms with van der Waals surface area (Å²) in [6.07, 6.45) is 2.52. The summed E-state index contributed by atoms with van der Waals surface area (Å²) >= 11 is 0. The number of hydrogen-bond acceptors (Lipinski definition) is 4. The molecule has 0 spiro atoms. The topological polar surface area (TPSA) is 61.0 Å². The van der Waals surface area contributed by atoms with E-state index in [1.54, 1.807) is 0 Å². The summed E-state index contributed by atoms with van der Waals surface area (Å²) in [5, 5.41) is 0. The second kappa shape index (κ2) is 4.09. The standard InChI is InChI=1S/C10H7F2N3O/c11-6-1-2-8(7(12)3-6)16-10-5-14-9(13)4-15-10/h1-5H,(H2,13,14). The van der Waals surface area contributed by atoms with Crippen LogP contribution in [0.3, 0.4) is 0 Å². The number of halogens is 2. The molecule has 0 saturated heterocycles. The second-order valence-corrected chi connectivity index (χ2v) is 2.96. The lowest BCUT2D eigenvalue weighted by Gasteiger charge is -2.04. The summed E-state index contributed by atoms with van der Waals surface area (Å²) in [6, 6.07) is 2.98. The van der Waals surface area contributed by atoms with E-state index in [9.17, 15) is 8.78 Å². The zero-order chi connectivity index (χ0) is 11.5. The minimum atomic E-state index is -0.807. The minimum absolute atomic E-state index is 0.0831. The van der Waals surface area contributed by atoms with Gasteiger partial charge in [0, 0.05) is 6.07 Å². The fourth-order valence-electron chi connectivity index (χ4n) is 1.05. The van der Waals surface area contributed by atoms with Gasteiger partial charge in [-0.2, -0.15) is 0 Å². The summed E-state index contributed by atoms with van der Waals surface area (Å²) in [4.78, 5) is 7.48. The Labute approximate surface area is 89.7 Å². The molecule has 6 heteroatoms. The Morgan fingerprint density at radius 3 is 2.56 bits per heavy atom. The van der Waals surface area contributed by atoms with E-state index in [1.165, 1.54) is 18.5 Å². The number of benzene rings is 1. The SMILES string of the molecule is Nc1cnc(Oc2ccc(F)cc2F)cn1. The Bertz CT molecular complexity index is 502. The molecule has 0 amide bonds. The van der Waals surface area contributed by atoms with Crippen molar-refractivity contribution in [3.63, 3.8) is 0 Å². The van der Waals surface area contributed by atoms with Crippen molar-refractivity contribution in [2.75, 3.05) is 5.73 Å². The maximum absolute atomic E-state index is 13.2. The van der Waals surface area contributed by atoms with E-state index in [4.69, 9.17) is 10.5 Å². The van der Waals surface area contributed by atoms with Gasteiger partial charge in [-0.25, -0.2) is 18.7 Å². The predicted octanol–water partition coefficient (Wildman–Crippen LogP) is 2.13. The Balaban J connectivity index is 2.23. The molecule has 0 saturated carbocycles. The van der Waals surface area contributed by atoms with E-state index in [-0.39, 0.29) is 17.4 Å². The van der Waals surface area contributed by atoms with Gasteiger partial charge in [0.15, 0.2) is 11.6 Å². The van der Waals surface area contributed by atoms with Crippen LogP contribution in [0.4, 0.5) is 14.6 Å². The van der Waals surface area contributed by atoms with Gasteiger partial charge < -0.3 is 10.5 Å². The molecule has 0 aliphatic carbocycles. The minimum Gasteiger partial charge on any atom is -0.434 e. The van der Waals surface area contributed by atoms with E-state index in [2.05, 4.69) is 9.97 Å². The monoisotopic (exact) mass is 223 g/mol. The summed E-state index contributed by atoms with van der Waals surface area (Å²) in [5.41, 5.74) is 5.32. The maximum atomic E-state index is 13.2. The van der Waals surface area contributed by atoms with Crippen LogP contribution >= 0.6 is 0 Å². The van der Waals surface area contributed by atoms with Crippen molar-refractivity contribution in [2.45, 2.75) is 0 Å². The molecular weight excluding hydrogens is 216 g/mol. The Morgan fingerprint density at radius 2 is 1.94 bits per heavy atom. The van der Waals surface area contributed by atoms with Gasteiger partial charge in [-0.3, -0.25) is 0 Å². The number of hydrogen-bond donors (Lipinski definition) is 1. The van der Waals surface area contributed by atoms with Crippen molar-refractivity contribution in [3.05, 3.63) is 42.2 Å². The van der Waals surface area contributed by atoms with E-state index in [0.717, 1.165) is 12.1 Å². The molecule has 0 aliphatic heterocycles. The predicted molar refractivity (Wildman–Crippen MR) is 52.9 cm³/mol. The van der Waals surface area contributed by atoms with Gasteiger partial charge in [-0.15, -0.1) is 0 Å². The zero-order valence-electron chi connectivity index (χ0n) is 8.02. The summed E-state index contributed by atoms with van der Waals surface area (Å²) in [6.45, 7) is 0. The molecule has 0 aliphatic rings. The van der Waals surface area contributed by atoms with Crippen LogP contribution in [0.25, 0.3) is 0 Å². The van der Waals surface area contributed by atoms with Gasteiger partial charge in [-0.05, 0) is 12.1 Å². The number of ether oxygens (including phenoxy) is 1. The first-order chi connectivity index (χ1) is 7.65. The van der Waals surface area contributed by atoms with Crippen LogP contribution in [0.5, 0.6) is 11.6 Å². The fourth-order valence-corrected chi connectivity index (χ4v) is 1.05. The third-order valence-electron chi connectivity index (χ3n) is 1.76. The molecule has 4 nitrogen and oxygen atoms in total. The zero-order valence-corrected chi connectivity index (χ0v) is 8.02. The van der Waals surface area contributed by atoms with Crippen LogP contribution in [-0.2, 0) is 0 Å². The Kier molecular flexibility index (Phi) is 2.63. The molecule has 2 aromatic rings. The first-order valence-corrected chi connectivity index (χ1v) is 4.35. The number of nitrogens with two attached hydrogens (primary N) is 1. The lowest BCUT2D eigenvalue weighted by Crippen LogP contribution is -1.95. The highest BCUT2D eigenvalue weighted by Gasteiger charge is 2.06. The Morgan fingerprint density at radius 1 is 1.12 bits per heavy atom. The summed E-state index contributed by atoms with van der Waals surface area (Å²) in [7, 11) is 0. The highest BCUT2D eigenvalue weighted by molar-refractivity contribution is 5.30. The van der Waals surface area contributed by atoms with E-state index < -0.39 is 11.6 Å². The molecule has 0 radical (unpaired) electrons. The second-order valence-electron chi connectivity index (χ2n) is 2.96. The normalized spacial score (nSPS) is 10.1. The van der Waals surface area contributed by atoms with Gasteiger partial charge in [0.05, 0.1) is 12.4 Å². The van der Waals surface area contributed by atoms with Crippen LogP contribution in [0, 0.1) is 11.6 Å². The molecular formula is C10H7F2N3O. The van der Waals surface area contributed by atoms with Crippen molar-refractivity contribution < 1.29 is 13.5 Å². The third kappa shape index (κ3) is 2.22. The van der Waals surface area contributed by atoms with Gasteiger partial charge in [0.2, 0.25) is 5.88 Å². The molecule has 0 fully saturated rings. The molecule has 0 unspecified atom stereocenters. The summed E-state index contributed by atoms with van der Waals surface area (Å²) < 4.78 is 30.8. The third-order valence-corrected chi connectivity index (χ3v) is 1.76. The number of nitrogens with zero attached hydrogens (tertiary/aromatic N) is 2. The molecule has 2 N–H and O–H groups in total. The van der Waals surface area contributed by atoms with E-state index in [1.807, 2.05) is 0 Å². The average Bonchev–Trinajstić information content (AvgIpc) is 2.25. The van der Waals surface area contributed by atoms with Gasteiger partial charge in [0.25, 0.3) is 0 Å². The first kappa shape index (κ1) is 10.3. The largest absolute Gasteiger partial charge is 0.434 e. The molecule has 2 rings (SSSR count). The quantitative estimate of drug-likeness (QED) is 0.847. The van der Waals surface area contributed by atoms with Gasteiger partial charge in [0.1, 0.15) is 11.6 Å². The number of anilines is 1. The average molecular weight is 223 g/mol. The number of rotatable bonds is 2. The van der Waals surface area contributed by atoms with Crippen molar-refractivity contribution in [1.82, 2.24) is 9.97 Å². The molecule has 0 atom stereocenters. The molecule has 0 bridgehead atoms. The van der Waals surface area contributed by atoms with Crippen LogP contribution in [-0.4, -0.2) is 9.97 Å². The van der Waals surface area contributed by atoms with Crippen molar-refractivity contribution in [2.24, 2.45) is 0 Å². The lowest BCUT2D eigenvalue weighted by molar-refractivity contribution is 0.422. The maximum Gasteiger partial charge on any atom is 0.238 e. The van der Waals surface area contributed by atoms with Gasteiger partial charge in [-0.1, -0.05) is 0 Å². The highest BCUT2D eigenvalue weighted by atomic mass is 19.1. The highest BCUT2D eigenvalue weighted by Crippen LogP contribution is 2.22. The molecule has 16 heavy (non-hydrogen) atoms. The molecule has 1 heterocycles. The Hall–Kier alpha value is -2.24. The van der Waals surface area contributed by atoms with Crippen molar-refractivity contribution in [3.8, 4) is 11.6 Å². The van der Waals surface area contributed by atoms with Crippen molar-refractivity contribution in [1.29, 1.82) is 0 Å². The van der Waals surface area contributed by atoms with Crippen LogP contribution in [0.1, 0.15) is 0 Å². The van der Waals surface area contributed by atoms with E-state index in [0.29, 0.717) is 0 Å².